The molecule has 2 aliphatic carbocycles. The predicted molar refractivity (Wildman–Crippen MR) is 92.1 cm³/mol. The van der Waals surface area contributed by atoms with Crippen LogP contribution in [0.25, 0.3) is 0 Å². The molecule has 2 atom stereocenters. The van der Waals surface area contributed by atoms with E-state index >= 15 is 0 Å². The zero-order valence-corrected chi connectivity index (χ0v) is 14.3. The maximum Gasteiger partial charge on any atom is 0.354 e. The highest BCUT2D eigenvalue weighted by Crippen LogP contribution is 2.38. The summed E-state index contributed by atoms with van der Waals surface area (Å²) in [6.45, 7) is 2.68. The lowest BCUT2D eigenvalue weighted by Crippen LogP contribution is -2.20. The molecule has 1 aliphatic heterocycles. The van der Waals surface area contributed by atoms with Crippen LogP contribution in [0, 0.1) is 5.92 Å². The number of fused-ring (bicyclic) bond motifs is 2. The molecule has 1 saturated heterocycles. The van der Waals surface area contributed by atoms with Gasteiger partial charge >= 0.3 is 6.03 Å². The Morgan fingerprint density at radius 3 is 2.43 bits per heavy atom. The van der Waals surface area contributed by atoms with E-state index in [4.69, 9.17) is 0 Å². The number of carbonyl (C=O) groups is 1. The molecular formula is C17H23N3O2S. The minimum absolute atomic E-state index is 0.296. The molecule has 23 heavy (non-hydrogen) atoms. The number of hydrogen-bond donors (Lipinski definition) is 2. The largest absolute Gasteiger partial charge is 0.354 e. The van der Waals surface area contributed by atoms with Crippen LogP contribution in [0.15, 0.2) is 10.4 Å². The molecule has 1 aromatic rings. The molecule has 2 N–H and O–H groups in total. The zero-order valence-electron chi connectivity index (χ0n) is 13.5. The van der Waals surface area contributed by atoms with Gasteiger partial charge in [0.15, 0.2) is 0 Å². The first-order valence-corrected chi connectivity index (χ1v) is 10.2. The number of nitrogens with one attached hydrogen (secondary N) is 2. The van der Waals surface area contributed by atoms with E-state index in [9.17, 15) is 9.00 Å². The van der Waals surface area contributed by atoms with Gasteiger partial charge in [0.2, 0.25) is 0 Å². The van der Waals surface area contributed by atoms with Crippen LogP contribution in [0.1, 0.15) is 42.0 Å². The zero-order chi connectivity index (χ0) is 16.0. The molecule has 0 spiro atoms. The van der Waals surface area contributed by atoms with Crippen molar-refractivity contribution in [3.63, 3.8) is 0 Å². The minimum Gasteiger partial charge on any atom is -0.305 e. The number of carbonyl (C=O) groups excluding carboxylic acids is 1. The molecule has 0 bridgehead atoms. The Morgan fingerprint density at radius 1 is 1.22 bits per heavy atom. The number of benzene rings is 1. The monoisotopic (exact) mass is 333 g/mol. The summed E-state index contributed by atoms with van der Waals surface area (Å²) in [5.74, 6) is 0.745. The number of amides is 2. The van der Waals surface area contributed by atoms with Gasteiger partial charge in [0, 0.05) is 18.0 Å². The fraction of sp³-hybridized carbons (Fsp3) is 0.588. The second-order valence-corrected chi connectivity index (χ2v) is 9.10. The maximum absolute atomic E-state index is 12.5. The summed E-state index contributed by atoms with van der Waals surface area (Å²) in [5.41, 5.74) is 6.26. The summed E-state index contributed by atoms with van der Waals surface area (Å²) in [6.07, 6.45) is 6.52. The van der Waals surface area contributed by atoms with Crippen molar-refractivity contribution < 1.29 is 9.00 Å². The maximum atomic E-state index is 12.5. The van der Waals surface area contributed by atoms with Gasteiger partial charge in [0.05, 0.1) is 0 Å². The number of anilines is 1. The van der Waals surface area contributed by atoms with Crippen molar-refractivity contribution in [1.82, 2.24) is 4.72 Å². The highest BCUT2D eigenvalue weighted by atomic mass is 32.2. The van der Waals surface area contributed by atoms with E-state index in [-0.39, 0.29) is 0 Å². The van der Waals surface area contributed by atoms with E-state index in [2.05, 4.69) is 20.5 Å². The lowest BCUT2D eigenvalue weighted by molar-refractivity contribution is 0.260. The number of nitrogens with zero attached hydrogens (tertiary/aromatic N) is 1. The highest BCUT2D eigenvalue weighted by molar-refractivity contribution is 7.92. The number of aryl methyl sites for hydroxylation is 2. The Hall–Kier alpha value is -1.40. The van der Waals surface area contributed by atoms with Gasteiger partial charge in [-0.2, -0.15) is 0 Å². The van der Waals surface area contributed by atoms with Crippen molar-refractivity contribution in [1.29, 1.82) is 0 Å². The fourth-order valence-electron chi connectivity index (χ4n) is 4.08. The van der Waals surface area contributed by atoms with Crippen LogP contribution < -0.4 is 10.0 Å². The molecule has 0 aromatic heterocycles. The van der Waals surface area contributed by atoms with E-state index in [1.807, 2.05) is 6.92 Å². The third-order valence-electron chi connectivity index (χ3n) is 5.10. The third-order valence-corrected chi connectivity index (χ3v) is 7.20. The van der Waals surface area contributed by atoms with Crippen molar-refractivity contribution in [3.8, 4) is 0 Å². The predicted octanol–water partition coefficient (Wildman–Crippen LogP) is 2.82. The smallest absolute Gasteiger partial charge is 0.305 e. The molecule has 0 radical (unpaired) electrons. The van der Waals surface area contributed by atoms with Crippen LogP contribution in [0.3, 0.4) is 0 Å². The second-order valence-electron chi connectivity index (χ2n) is 7.02. The fourth-order valence-corrected chi connectivity index (χ4v) is 6.08. The van der Waals surface area contributed by atoms with Crippen LogP contribution in [0.4, 0.5) is 10.5 Å². The summed E-state index contributed by atoms with van der Waals surface area (Å²) in [6, 6.07) is 1.86. The molecule has 2 amide bonds. The van der Waals surface area contributed by atoms with Crippen molar-refractivity contribution in [2.24, 2.45) is 10.3 Å². The molecule has 4 rings (SSSR count). The number of hydrogen-bond acceptors (Lipinski definition) is 2. The number of urea groups is 1. The van der Waals surface area contributed by atoms with Gasteiger partial charge in [-0.25, -0.2) is 13.7 Å². The summed E-state index contributed by atoms with van der Waals surface area (Å²) < 4.78 is 19.4. The lowest BCUT2D eigenvalue weighted by atomic mass is 9.99. The second kappa shape index (κ2) is 5.60. The molecule has 0 saturated carbocycles. The van der Waals surface area contributed by atoms with Crippen molar-refractivity contribution in [2.45, 2.75) is 45.4 Å². The summed E-state index contributed by atoms with van der Waals surface area (Å²) in [7, 11) is -2.59. The van der Waals surface area contributed by atoms with Crippen LogP contribution in [0.2, 0.25) is 0 Å². The molecule has 1 heterocycles. The first-order chi connectivity index (χ1) is 11.0. The molecular weight excluding hydrogens is 310 g/mol. The van der Waals surface area contributed by atoms with Gasteiger partial charge in [0.25, 0.3) is 0 Å². The molecule has 1 aromatic carbocycles. The first kappa shape index (κ1) is 15.1. The van der Waals surface area contributed by atoms with Gasteiger partial charge in [0.1, 0.15) is 9.92 Å². The van der Waals surface area contributed by atoms with E-state index in [0.29, 0.717) is 18.2 Å². The van der Waals surface area contributed by atoms with Crippen LogP contribution >= 0.6 is 0 Å². The highest BCUT2D eigenvalue weighted by Gasteiger charge is 2.27. The molecule has 124 valence electrons. The third kappa shape index (κ3) is 2.78. The standard InChI is InChI=1S/C17H23N3O2S/c1-11-9-18-23(22,10-11)20-17(21)19-16-14-6-2-4-12(14)8-13-5-3-7-15(13)16/h8,11H,2-7,9-10H2,1H3,(H2,18,19,20,21,22)/t11-,23?/m1/s1. The minimum atomic E-state index is -2.59. The molecule has 1 fully saturated rings. The van der Waals surface area contributed by atoms with Crippen LogP contribution in [0.5, 0.6) is 0 Å². The normalized spacial score (nSPS) is 28.5. The van der Waals surface area contributed by atoms with Crippen LogP contribution in [-0.2, 0) is 35.6 Å². The van der Waals surface area contributed by atoms with Crippen LogP contribution in [-0.4, -0.2) is 22.5 Å². The van der Waals surface area contributed by atoms with E-state index in [1.165, 1.54) is 22.3 Å². The Labute approximate surface area is 137 Å². The average molecular weight is 333 g/mol. The Morgan fingerprint density at radius 2 is 1.87 bits per heavy atom. The topological polar surface area (TPSA) is 70.6 Å². The Balaban J connectivity index is 1.66. The SMILES string of the molecule is C[C@@H]1CNS(=O)(=NC(=O)Nc2c3c(cc4c2CCC4)CCC3)C1. The van der Waals surface area contributed by atoms with Gasteiger partial charge in [-0.3, -0.25) is 0 Å². The Kier molecular flexibility index (Phi) is 3.69. The van der Waals surface area contributed by atoms with E-state index in [0.717, 1.165) is 44.2 Å². The van der Waals surface area contributed by atoms with Crippen molar-refractivity contribution >= 4 is 21.6 Å². The van der Waals surface area contributed by atoms with E-state index < -0.39 is 15.9 Å². The first-order valence-electron chi connectivity index (χ1n) is 8.51. The number of rotatable bonds is 1. The molecule has 6 heteroatoms. The summed E-state index contributed by atoms with van der Waals surface area (Å²) in [5, 5.41) is 2.98. The Bertz CT molecular complexity index is 761. The van der Waals surface area contributed by atoms with Gasteiger partial charge in [-0.1, -0.05) is 13.0 Å². The van der Waals surface area contributed by atoms with E-state index in [1.54, 1.807) is 0 Å². The van der Waals surface area contributed by atoms with Gasteiger partial charge < -0.3 is 5.32 Å². The molecule has 3 aliphatic rings. The lowest BCUT2D eigenvalue weighted by Gasteiger charge is -2.15. The van der Waals surface area contributed by atoms with Crippen molar-refractivity contribution in [2.75, 3.05) is 17.6 Å². The van der Waals surface area contributed by atoms with Crippen molar-refractivity contribution in [3.05, 3.63) is 28.3 Å². The quantitative estimate of drug-likeness (QED) is 0.829. The van der Waals surface area contributed by atoms with Gasteiger partial charge in [-0.05, 0) is 66.7 Å². The van der Waals surface area contributed by atoms with Gasteiger partial charge in [-0.15, -0.1) is 4.36 Å². The summed E-state index contributed by atoms with van der Waals surface area (Å²) >= 11 is 0. The summed E-state index contributed by atoms with van der Waals surface area (Å²) in [4.78, 5) is 12.4. The molecule has 5 nitrogen and oxygen atoms in total. The molecule has 1 unspecified atom stereocenters. The average Bonchev–Trinajstić information content (AvgIpc) is 3.18.